The molecule has 1 aromatic carbocycles. The molecule has 1 aliphatic heterocycles. The maximum atomic E-state index is 12.9. The first-order chi connectivity index (χ1) is 10.3. The van der Waals surface area contributed by atoms with Gasteiger partial charge in [-0.1, -0.05) is 19.1 Å². The molecule has 0 aromatic heterocycles. The van der Waals surface area contributed by atoms with E-state index in [9.17, 15) is 4.39 Å². The van der Waals surface area contributed by atoms with Crippen LogP contribution < -0.4 is 5.32 Å². The SMILES string of the molecule is CCC(NCCCOCC1CCCO1)c1ccc(F)cc1. The lowest BCUT2D eigenvalue weighted by atomic mass is 10.0. The third-order valence-corrected chi connectivity index (χ3v) is 3.86. The van der Waals surface area contributed by atoms with Gasteiger partial charge in [0.15, 0.2) is 0 Å². The molecule has 1 heterocycles. The van der Waals surface area contributed by atoms with Crippen molar-refractivity contribution in [3.05, 3.63) is 35.6 Å². The zero-order valence-electron chi connectivity index (χ0n) is 12.8. The van der Waals surface area contributed by atoms with Crippen LogP contribution in [0.3, 0.4) is 0 Å². The van der Waals surface area contributed by atoms with Crippen molar-refractivity contribution in [3.63, 3.8) is 0 Å². The van der Waals surface area contributed by atoms with Crippen LogP contribution in [0, 0.1) is 5.82 Å². The summed E-state index contributed by atoms with van der Waals surface area (Å²) in [5, 5.41) is 3.50. The maximum absolute atomic E-state index is 12.9. The zero-order chi connectivity index (χ0) is 14.9. The van der Waals surface area contributed by atoms with Crippen molar-refractivity contribution in [2.75, 3.05) is 26.4 Å². The largest absolute Gasteiger partial charge is 0.379 e. The number of halogens is 1. The lowest BCUT2D eigenvalue weighted by molar-refractivity contribution is 0.0165. The first-order valence-corrected chi connectivity index (χ1v) is 7.97. The van der Waals surface area contributed by atoms with Gasteiger partial charge in [0, 0.05) is 19.3 Å². The van der Waals surface area contributed by atoms with Crippen LogP contribution in [0.25, 0.3) is 0 Å². The molecule has 1 N–H and O–H groups in total. The topological polar surface area (TPSA) is 30.5 Å². The van der Waals surface area contributed by atoms with Crippen molar-refractivity contribution in [1.82, 2.24) is 5.32 Å². The molecule has 0 bridgehead atoms. The highest BCUT2D eigenvalue weighted by molar-refractivity contribution is 5.19. The Morgan fingerprint density at radius 3 is 2.86 bits per heavy atom. The number of rotatable bonds is 9. The second kappa shape index (κ2) is 9.13. The Hall–Kier alpha value is -0.970. The summed E-state index contributed by atoms with van der Waals surface area (Å²) in [5.41, 5.74) is 1.14. The summed E-state index contributed by atoms with van der Waals surface area (Å²) < 4.78 is 24.1. The number of hydrogen-bond donors (Lipinski definition) is 1. The van der Waals surface area contributed by atoms with Crippen molar-refractivity contribution in [2.45, 2.75) is 44.8 Å². The molecule has 2 atom stereocenters. The third-order valence-electron chi connectivity index (χ3n) is 3.86. The standard InChI is InChI=1S/C17H26FNO2/c1-2-17(14-6-8-15(18)9-7-14)19-10-4-11-20-13-16-5-3-12-21-16/h6-9,16-17,19H,2-5,10-13H2,1H3. The quantitative estimate of drug-likeness (QED) is 0.708. The number of nitrogens with one attached hydrogen (secondary N) is 1. The Morgan fingerprint density at radius 2 is 2.19 bits per heavy atom. The van der Waals surface area contributed by atoms with Gasteiger partial charge in [-0.2, -0.15) is 0 Å². The van der Waals surface area contributed by atoms with Gasteiger partial charge in [0.05, 0.1) is 12.7 Å². The Balaban J connectivity index is 1.58. The van der Waals surface area contributed by atoms with Gasteiger partial charge in [-0.25, -0.2) is 4.39 Å². The predicted molar refractivity (Wildman–Crippen MR) is 81.8 cm³/mol. The number of ether oxygens (including phenoxy) is 2. The fourth-order valence-electron chi connectivity index (χ4n) is 2.63. The molecule has 1 aliphatic rings. The van der Waals surface area contributed by atoms with Gasteiger partial charge in [-0.05, 0) is 49.9 Å². The molecule has 0 amide bonds. The Bertz CT molecular complexity index is 390. The Morgan fingerprint density at radius 1 is 1.38 bits per heavy atom. The molecule has 2 unspecified atom stereocenters. The van der Waals surface area contributed by atoms with E-state index < -0.39 is 0 Å². The molecule has 2 rings (SSSR count). The summed E-state index contributed by atoms with van der Waals surface area (Å²) in [4.78, 5) is 0. The highest BCUT2D eigenvalue weighted by Crippen LogP contribution is 2.16. The van der Waals surface area contributed by atoms with Crippen molar-refractivity contribution >= 4 is 0 Å². The van der Waals surface area contributed by atoms with Crippen LogP contribution in [0.2, 0.25) is 0 Å². The van der Waals surface area contributed by atoms with Crippen LogP contribution >= 0.6 is 0 Å². The molecule has 118 valence electrons. The second-order valence-corrected chi connectivity index (χ2v) is 5.53. The van der Waals surface area contributed by atoms with E-state index in [0.29, 0.717) is 6.10 Å². The van der Waals surface area contributed by atoms with Gasteiger partial charge in [0.25, 0.3) is 0 Å². The minimum atomic E-state index is -0.184. The summed E-state index contributed by atoms with van der Waals surface area (Å²) in [6, 6.07) is 7.02. The van der Waals surface area contributed by atoms with Crippen LogP contribution in [-0.2, 0) is 9.47 Å². The summed E-state index contributed by atoms with van der Waals surface area (Å²) in [7, 11) is 0. The Labute approximate surface area is 126 Å². The van der Waals surface area contributed by atoms with Crippen molar-refractivity contribution in [1.29, 1.82) is 0 Å². The zero-order valence-corrected chi connectivity index (χ0v) is 12.8. The molecular weight excluding hydrogens is 269 g/mol. The third kappa shape index (κ3) is 5.73. The van der Waals surface area contributed by atoms with E-state index in [1.54, 1.807) is 0 Å². The molecule has 4 heteroatoms. The highest BCUT2D eigenvalue weighted by Gasteiger charge is 2.15. The number of hydrogen-bond acceptors (Lipinski definition) is 3. The van der Waals surface area contributed by atoms with Crippen LogP contribution in [0.5, 0.6) is 0 Å². The second-order valence-electron chi connectivity index (χ2n) is 5.53. The molecule has 1 fully saturated rings. The van der Waals surface area contributed by atoms with E-state index >= 15 is 0 Å². The summed E-state index contributed by atoms with van der Waals surface area (Å²) >= 11 is 0. The minimum Gasteiger partial charge on any atom is -0.379 e. The molecule has 1 aromatic rings. The molecular formula is C17H26FNO2. The van der Waals surface area contributed by atoms with Gasteiger partial charge >= 0.3 is 0 Å². The average Bonchev–Trinajstić information content (AvgIpc) is 3.01. The van der Waals surface area contributed by atoms with E-state index in [0.717, 1.165) is 57.6 Å². The van der Waals surface area contributed by atoms with Gasteiger partial charge in [-0.3, -0.25) is 0 Å². The summed E-state index contributed by atoms with van der Waals surface area (Å²) in [6.45, 7) is 5.39. The number of benzene rings is 1. The maximum Gasteiger partial charge on any atom is 0.123 e. The Kier molecular flexibility index (Phi) is 7.13. The average molecular weight is 295 g/mol. The molecule has 3 nitrogen and oxygen atoms in total. The normalized spacial score (nSPS) is 19.8. The monoisotopic (exact) mass is 295 g/mol. The molecule has 0 aliphatic carbocycles. The van der Waals surface area contributed by atoms with E-state index in [1.807, 2.05) is 12.1 Å². The van der Waals surface area contributed by atoms with Crippen LogP contribution in [-0.4, -0.2) is 32.5 Å². The lowest BCUT2D eigenvalue weighted by Crippen LogP contribution is -2.23. The van der Waals surface area contributed by atoms with E-state index in [1.165, 1.54) is 12.1 Å². The van der Waals surface area contributed by atoms with E-state index in [2.05, 4.69) is 12.2 Å². The highest BCUT2D eigenvalue weighted by atomic mass is 19.1. The van der Waals surface area contributed by atoms with E-state index in [4.69, 9.17) is 9.47 Å². The smallest absolute Gasteiger partial charge is 0.123 e. The predicted octanol–water partition coefficient (Wildman–Crippen LogP) is 3.45. The molecule has 0 saturated carbocycles. The van der Waals surface area contributed by atoms with Gasteiger partial charge in [0.2, 0.25) is 0 Å². The van der Waals surface area contributed by atoms with Crippen molar-refractivity contribution in [3.8, 4) is 0 Å². The molecule has 0 radical (unpaired) electrons. The lowest BCUT2D eigenvalue weighted by Gasteiger charge is -2.17. The summed E-state index contributed by atoms with van der Waals surface area (Å²) in [5.74, 6) is -0.184. The molecule has 0 spiro atoms. The first-order valence-electron chi connectivity index (χ1n) is 7.97. The molecule has 1 saturated heterocycles. The van der Waals surface area contributed by atoms with E-state index in [-0.39, 0.29) is 11.9 Å². The van der Waals surface area contributed by atoms with Gasteiger partial charge in [0.1, 0.15) is 5.82 Å². The summed E-state index contributed by atoms with van der Waals surface area (Å²) in [6.07, 6.45) is 4.56. The fourth-order valence-corrected chi connectivity index (χ4v) is 2.63. The molecule has 21 heavy (non-hydrogen) atoms. The fraction of sp³-hybridized carbons (Fsp3) is 0.647. The van der Waals surface area contributed by atoms with Crippen molar-refractivity contribution < 1.29 is 13.9 Å². The van der Waals surface area contributed by atoms with Crippen LogP contribution in [0.4, 0.5) is 4.39 Å². The van der Waals surface area contributed by atoms with Gasteiger partial charge < -0.3 is 14.8 Å². The van der Waals surface area contributed by atoms with Gasteiger partial charge in [-0.15, -0.1) is 0 Å². The minimum absolute atomic E-state index is 0.184. The first kappa shape index (κ1) is 16.4. The van der Waals surface area contributed by atoms with Crippen LogP contribution in [0.15, 0.2) is 24.3 Å². The van der Waals surface area contributed by atoms with Crippen LogP contribution in [0.1, 0.15) is 44.2 Å². The van der Waals surface area contributed by atoms with Crippen molar-refractivity contribution in [2.24, 2.45) is 0 Å².